The second kappa shape index (κ2) is 15.9. The number of Topliss-reactive ketones (excluding diaryl/α,β-unsaturated/α-hetero) is 2. The maximum atomic E-state index is 13.8. The number of aliphatic hydroxyl groups is 4. The quantitative estimate of drug-likeness (QED) is 0.176. The summed E-state index contributed by atoms with van der Waals surface area (Å²) < 4.78 is 39.8. The minimum absolute atomic E-state index is 0.0112. The average Bonchev–Trinajstić information content (AvgIpc) is 3.07. The number of esters is 1. The summed E-state index contributed by atoms with van der Waals surface area (Å²) in [6.45, 7) is 7.26. The number of rotatable bonds is 11. The van der Waals surface area contributed by atoms with Crippen molar-refractivity contribution in [2.75, 3.05) is 14.2 Å². The molecular weight excluding hydrogens is 688 g/mol. The Balaban J connectivity index is 1.43. The maximum Gasteiger partial charge on any atom is 0.302 e. The molecule has 16 heteroatoms. The molecule has 0 spiro atoms. The van der Waals surface area contributed by atoms with Crippen molar-refractivity contribution in [3.8, 4) is 17.2 Å². The number of phenolic OH excluding ortho intramolecular Hbond substituents is 2. The SMILES string of the molecule is CO[C@@H]1C(=O)c2c(cc3cc(O[C@H]4CC(O[C@H]5CC(O)[C@H](O)C(C)O5)[C@H](O)C(C)O4)c(C)c(O)c3c2O)C[C@H]1[C@H](OC)C(=O)[C@@H](O)[C@@H](C)OC(C)=O. The molecule has 52 heavy (non-hydrogen) atoms. The number of carbonyl (C=O) groups excluding carboxylic acids is 3. The number of carbonyl (C=O) groups is 3. The Kier molecular flexibility index (Phi) is 12.1. The molecule has 0 amide bonds. The van der Waals surface area contributed by atoms with Crippen molar-refractivity contribution >= 4 is 28.3 Å². The topological polar surface area (TPSA) is 237 Å². The van der Waals surface area contributed by atoms with Crippen LogP contribution in [-0.4, -0.2) is 136 Å². The van der Waals surface area contributed by atoms with Crippen LogP contribution in [0.25, 0.3) is 10.8 Å². The predicted octanol–water partition coefficient (Wildman–Crippen LogP) is 0.943. The second-order valence-electron chi connectivity index (χ2n) is 13.8. The number of hydrogen-bond acceptors (Lipinski definition) is 16. The van der Waals surface area contributed by atoms with Crippen LogP contribution in [0.5, 0.6) is 17.2 Å². The van der Waals surface area contributed by atoms with Crippen molar-refractivity contribution in [2.45, 2.75) is 128 Å². The first-order valence-corrected chi connectivity index (χ1v) is 17.2. The Hall–Kier alpha value is -3.45. The largest absolute Gasteiger partial charge is 0.507 e. The number of ether oxygens (including phenoxy) is 7. The van der Waals surface area contributed by atoms with Crippen LogP contribution in [0.4, 0.5) is 0 Å². The highest BCUT2D eigenvalue weighted by atomic mass is 16.7. The molecule has 288 valence electrons. The van der Waals surface area contributed by atoms with Gasteiger partial charge in [-0.15, -0.1) is 0 Å². The van der Waals surface area contributed by atoms with E-state index in [9.17, 15) is 45.0 Å². The Morgan fingerprint density at radius 2 is 1.62 bits per heavy atom. The van der Waals surface area contributed by atoms with Crippen LogP contribution in [0.15, 0.2) is 12.1 Å². The third-order valence-electron chi connectivity index (χ3n) is 10.2. The molecule has 0 aromatic heterocycles. The lowest BCUT2D eigenvalue weighted by Crippen LogP contribution is -2.53. The predicted molar refractivity (Wildman–Crippen MR) is 179 cm³/mol. The highest BCUT2D eigenvalue weighted by Gasteiger charge is 2.47. The van der Waals surface area contributed by atoms with Gasteiger partial charge in [0.1, 0.15) is 47.8 Å². The molecule has 2 heterocycles. The Bertz CT molecular complexity index is 1650. The monoisotopic (exact) mass is 736 g/mol. The first kappa shape index (κ1) is 39.8. The van der Waals surface area contributed by atoms with E-state index >= 15 is 0 Å². The van der Waals surface area contributed by atoms with Crippen molar-refractivity contribution in [1.29, 1.82) is 0 Å². The minimum atomic E-state index is -1.76. The van der Waals surface area contributed by atoms with Gasteiger partial charge in [0.2, 0.25) is 6.29 Å². The summed E-state index contributed by atoms with van der Waals surface area (Å²) in [5, 5.41) is 64.8. The molecule has 2 saturated heterocycles. The van der Waals surface area contributed by atoms with Crippen LogP contribution in [0, 0.1) is 12.8 Å². The maximum absolute atomic E-state index is 13.8. The molecule has 0 saturated carbocycles. The number of hydrogen-bond donors (Lipinski definition) is 6. The van der Waals surface area contributed by atoms with Crippen molar-refractivity contribution in [3.63, 3.8) is 0 Å². The molecule has 16 nitrogen and oxygen atoms in total. The number of ketones is 2. The van der Waals surface area contributed by atoms with Gasteiger partial charge in [0.15, 0.2) is 24.0 Å². The highest BCUT2D eigenvalue weighted by Crippen LogP contribution is 2.46. The van der Waals surface area contributed by atoms with Crippen LogP contribution in [-0.2, 0) is 44.4 Å². The lowest BCUT2D eigenvalue weighted by atomic mass is 9.75. The van der Waals surface area contributed by atoms with Crippen molar-refractivity contribution in [1.82, 2.24) is 0 Å². The summed E-state index contributed by atoms with van der Waals surface area (Å²) in [6, 6.07) is 3.12. The standard InChI is InChI=1S/C36H48O16/c1-13-22(51-25-12-23(30(41)15(3)50-25)52-24-11-21(38)29(40)14(2)49-24)10-19-8-18-9-20(36(47-7)34(45)31(42)16(4)48-17(5)37)35(46-6)33(44)27(18)32(43)26(19)28(13)39/h8,10,14-16,20-21,23-25,29-31,35-36,38-43H,9,11-12H2,1-7H3/t14?,15?,16-,20-,21?,23?,24+,25+,29-,30-,31+,35+,36+/m1/s1. The fourth-order valence-electron chi connectivity index (χ4n) is 7.36. The van der Waals surface area contributed by atoms with Gasteiger partial charge in [0, 0.05) is 45.5 Å². The van der Waals surface area contributed by atoms with Gasteiger partial charge < -0.3 is 63.8 Å². The molecule has 6 N–H and O–H groups in total. The van der Waals surface area contributed by atoms with Gasteiger partial charge in [-0.25, -0.2) is 0 Å². The molecule has 2 aliphatic heterocycles. The Labute approximate surface area is 300 Å². The van der Waals surface area contributed by atoms with E-state index in [2.05, 4.69) is 0 Å². The smallest absolute Gasteiger partial charge is 0.302 e. The summed E-state index contributed by atoms with van der Waals surface area (Å²) in [5.41, 5.74) is 0.424. The first-order valence-electron chi connectivity index (χ1n) is 17.2. The molecule has 13 atom stereocenters. The fourth-order valence-corrected chi connectivity index (χ4v) is 7.36. The molecule has 2 fully saturated rings. The van der Waals surface area contributed by atoms with Gasteiger partial charge in [-0.05, 0) is 57.2 Å². The first-order chi connectivity index (χ1) is 24.5. The van der Waals surface area contributed by atoms with Gasteiger partial charge in [-0.1, -0.05) is 0 Å². The third-order valence-corrected chi connectivity index (χ3v) is 10.2. The van der Waals surface area contributed by atoms with Crippen LogP contribution in [0.3, 0.4) is 0 Å². The highest BCUT2D eigenvalue weighted by molar-refractivity contribution is 6.11. The second-order valence-corrected chi connectivity index (χ2v) is 13.8. The summed E-state index contributed by atoms with van der Waals surface area (Å²) in [7, 11) is 2.50. The number of methoxy groups -OCH3 is 2. The molecule has 5 rings (SSSR count). The van der Waals surface area contributed by atoms with Gasteiger partial charge in [-0.2, -0.15) is 0 Å². The zero-order chi connectivity index (χ0) is 38.3. The molecule has 0 bridgehead atoms. The number of aromatic hydroxyl groups is 2. The fraction of sp³-hybridized carbons (Fsp3) is 0.639. The van der Waals surface area contributed by atoms with Gasteiger partial charge in [0.25, 0.3) is 0 Å². The van der Waals surface area contributed by atoms with Crippen LogP contribution in [0.1, 0.15) is 62.0 Å². The number of phenols is 2. The van der Waals surface area contributed by atoms with Crippen molar-refractivity contribution in [2.24, 2.45) is 5.92 Å². The molecule has 4 unspecified atom stereocenters. The van der Waals surface area contributed by atoms with Crippen molar-refractivity contribution in [3.05, 3.63) is 28.8 Å². The van der Waals surface area contributed by atoms with E-state index in [0.717, 1.165) is 6.92 Å². The number of fused-ring (bicyclic) bond motifs is 2. The normalized spacial score (nSPS) is 32.5. The molecule has 2 aromatic carbocycles. The van der Waals surface area contributed by atoms with Crippen LogP contribution >= 0.6 is 0 Å². The Morgan fingerprint density at radius 1 is 0.962 bits per heavy atom. The van der Waals surface area contributed by atoms with E-state index < -0.39 is 103 Å². The van der Waals surface area contributed by atoms with Gasteiger partial charge in [-0.3, -0.25) is 14.4 Å². The van der Waals surface area contributed by atoms with E-state index in [4.69, 9.17) is 33.2 Å². The molecule has 2 aromatic rings. The van der Waals surface area contributed by atoms with E-state index in [0.29, 0.717) is 5.56 Å². The molecular formula is C36H48O16. The zero-order valence-electron chi connectivity index (χ0n) is 30.0. The number of benzene rings is 2. The van der Waals surface area contributed by atoms with Crippen LogP contribution in [0.2, 0.25) is 0 Å². The minimum Gasteiger partial charge on any atom is -0.507 e. The Morgan fingerprint density at radius 3 is 2.23 bits per heavy atom. The summed E-state index contributed by atoms with van der Waals surface area (Å²) >= 11 is 0. The lowest BCUT2D eigenvalue weighted by Gasteiger charge is -2.41. The van der Waals surface area contributed by atoms with E-state index in [1.54, 1.807) is 32.9 Å². The average molecular weight is 737 g/mol. The lowest BCUT2D eigenvalue weighted by molar-refractivity contribution is -0.298. The summed E-state index contributed by atoms with van der Waals surface area (Å²) in [5.74, 6) is -3.86. The van der Waals surface area contributed by atoms with Gasteiger partial charge >= 0.3 is 5.97 Å². The van der Waals surface area contributed by atoms with E-state index in [1.807, 2.05) is 0 Å². The third kappa shape index (κ3) is 7.62. The summed E-state index contributed by atoms with van der Waals surface area (Å²) in [6.07, 6.45) is -13.0. The summed E-state index contributed by atoms with van der Waals surface area (Å²) in [4.78, 5) is 38.7. The number of aliphatic hydroxyl groups excluding tert-OH is 4. The molecule has 3 aliphatic rings. The van der Waals surface area contributed by atoms with E-state index in [-0.39, 0.29) is 52.7 Å². The zero-order valence-corrected chi connectivity index (χ0v) is 30.0. The van der Waals surface area contributed by atoms with E-state index in [1.165, 1.54) is 21.1 Å². The molecule has 1 aliphatic carbocycles. The molecule has 0 radical (unpaired) electrons. The van der Waals surface area contributed by atoms with Gasteiger partial charge in [0.05, 0.1) is 35.4 Å². The van der Waals surface area contributed by atoms with Crippen LogP contribution < -0.4 is 4.74 Å². The van der Waals surface area contributed by atoms with Crippen molar-refractivity contribution < 1.29 is 78.2 Å².